The maximum Gasteiger partial charge on any atom is 0.108 e. The van der Waals surface area contributed by atoms with Crippen LogP contribution in [0.4, 0.5) is 0 Å². The Kier molecular flexibility index (Phi) is 3.60. The van der Waals surface area contributed by atoms with Crippen molar-refractivity contribution >= 4 is 0 Å². The summed E-state index contributed by atoms with van der Waals surface area (Å²) in [5.74, 6) is 3.56. The van der Waals surface area contributed by atoms with Crippen molar-refractivity contribution in [2.75, 3.05) is 0 Å². The van der Waals surface area contributed by atoms with E-state index in [9.17, 15) is 0 Å². The molecule has 1 heterocycles. The molecule has 1 rings (SSSR count). The van der Waals surface area contributed by atoms with Gasteiger partial charge in [-0.2, -0.15) is 0 Å². The molecule has 70 valence electrons. The first-order valence-electron chi connectivity index (χ1n) is 4.54. The number of terminal acetylenes is 1. The molecule has 0 bridgehead atoms. The summed E-state index contributed by atoms with van der Waals surface area (Å²) in [7, 11) is 0. The fourth-order valence-corrected chi connectivity index (χ4v) is 1.36. The lowest BCUT2D eigenvalue weighted by molar-refractivity contribution is 0.503. The van der Waals surface area contributed by atoms with Gasteiger partial charge < -0.3 is 10.2 Å². The molecule has 0 spiro atoms. The Bertz CT molecular complexity index is 295. The summed E-state index contributed by atoms with van der Waals surface area (Å²) in [6, 6.07) is 1.95. The molecule has 0 amide bonds. The summed E-state index contributed by atoms with van der Waals surface area (Å²) < 4.78 is 5.28. The topological polar surface area (TPSA) is 39.2 Å². The molecule has 13 heavy (non-hydrogen) atoms. The third-order valence-corrected chi connectivity index (χ3v) is 2.10. The van der Waals surface area contributed by atoms with E-state index in [2.05, 4.69) is 12.8 Å². The lowest BCUT2D eigenvalue weighted by Crippen LogP contribution is -2.10. The average Bonchev–Trinajstić information content (AvgIpc) is 2.61. The number of nitrogens with two attached hydrogens (primary N) is 1. The van der Waals surface area contributed by atoms with Gasteiger partial charge >= 0.3 is 0 Å². The largest absolute Gasteiger partial charge is 0.469 e. The monoisotopic (exact) mass is 177 g/mol. The lowest BCUT2D eigenvalue weighted by atomic mass is 10.0. The summed E-state index contributed by atoms with van der Waals surface area (Å²) >= 11 is 0. The summed E-state index contributed by atoms with van der Waals surface area (Å²) in [6.07, 6.45) is 9.28. The SMILES string of the molecule is C#CCCC(N)c1ccoc1CC. The number of aryl methyl sites for hydroxylation is 1. The van der Waals surface area contributed by atoms with Gasteiger partial charge in [-0.1, -0.05) is 6.92 Å². The Hall–Kier alpha value is -1.20. The molecule has 0 saturated carbocycles. The molecule has 2 N–H and O–H groups in total. The molecule has 0 aromatic carbocycles. The molecule has 0 aliphatic carbocycles. The van der Waals surface area contributed by atoms with E-state index in [0.717, 1.165) is 30.6 Å². The normalized spacial score (nSPS) is 12.4. The fourth-order valence-electron chi connectivity index (χ4n) is 1.36. The highest BCUT2D eigenvalue weighted by molar-refractivity contribution is 5.21. The van der Waals surface area contributed by atoms with Crippen LogP contribution in [0.2, 0.25) is 0 Å². The van der Waals surface area contributed by atoms with Crippen molar-refractivity contribution in [1.82, 2.24) is 0 Å². The van der Waals surface area contributed by atoms with Crippen molar-refractivity contribution in [2.24, 2.45) is 5.73 Å². The quantitative estimate of drug-likeness (QED) is 0.716. The Morgan fingerprint density at radius 3 is 3.08 bits per heavy atom. The van der Waals surface area contributed by atoms with E-state index in [-0.39, 0.29) is 6.04 Å². The van der Waals surface area contributed by atoms with Crippen LogP contribution in [0.25, 0.3) is 0 Å². The van der Waals surface area contributed by atoms with E-state index >= 15 is 0 Å². The minimum Gasteiger partial charge on any atom is -0.469 e. The predicted octanol–water partition coefficient (Wildman–Crippen LogP) is 2.26. The second-order valence-electron chi connectivity index (χ2n) is 3.00. The maximum atomic E-state index is 5.95. The molecule has 0 radical (unpaired) electrons. The van der Waals surface area contributed by atoms with E-state index in [0.29, 0.717) is 0 Å². The summed E-state index contributed by atoms with van der Waals surface area (Å²) in [5.41, 5.74) is 7.04. The third-order valence-electron chi connectivity index (χ3n) is 2.10. The van der Waals surface area contributed by atoms with E-state index in [1.165, 1.54) is 0 Å². The first kappa shape index (κ1) is 9.88. The zero-order valence-electron chi connectivity index (χ0n) is 7.92. The minimum absolute atomic E-state index is 0.0183. The van der Waals surface area contributed by atoms with Crippen molar-refractivity contribution < 1.29 is 4.42 Å². The first-order chi connectivity index (χ1) is 6.29. The molecule has 0 fully saturated rings. The number of hydrogen-bond acceptors (Lipinski definition) is 2. The third kappa shape index (κ3) is 2.37. The zero-order valence-corrected chi connectivity index (χ0v) is 7.92. The molecule has 1 aromatic heterocycles. The Balaban J connectivity index is 2.65. The van der Waals surface area contributed by atoms with Gasteiger partial charge in [-0.3, -0.25) is 0 Å². The number of hydrogen-bond donors (Lipinski definition) is 1. The molecular formula is C11H15NO. The van der Waals surface area contributed by atoms with Crippen molar-refractivity contribution in [3.63, 3.8) is 0 Å². The van der Waals surface area contributed by atoms with Gasteiger partial charge in [0.1, 0.15) is 5.76 Å². The van der Waals surface area contributed by atoms with Crippen molar-refractivity contribution in [3.05, 3.63) is 23.7 Å². The van der Waals surface area contributed by atoms with Gasteiger partial charge in [-0.25, -0.2) is 0 Å². The number of rotatable bonds is 4. The van der Waals surface area contributed by atoms with E-state index in [1.807, 2.05) is 6.07 Å². The van der Waals surface area contributed by atoms with Crippen LogP contribution in [0.5, 0.6) is 0 Å². The van der Waals surface area contributed by atoms with Crippen molar-refractivity contribution in [2.45, 2.75) is 32.2 Å². The molecule has 0 saturated heterocycles. The maximum absolute atomic E-state index is 5.95. The molecule has 0 aliphatic rings. The smallest absolute Gasteiger partial charge is 0.108 e. The second kappa shape index (κ2) is 4.74. The average molecular weight is 177 g/mol. The number of furan rings is 1. The predicted molar refractivity (Wildman–Crippen MR) is 53.1 cm³/mol. The first-order valence-corrected chi connectivity index (χ1v) is 4.54. The van der Waals surface area contributed by atoms with Gasteiger partial charge in [0.05, 0.1) is 6.26 Å². The van der Waals surface area contributed by atoms with Crippen LogP contribution in [0.1, 0.15) is 37.1 Å². The van der Waals surface area contributed by atoms with Crippen LogP contribution in [-0.2, 0) is 6.42 Å². The highest BCUT2D eigenvalue weighted by atomic mass is 16.3. The van der Waals surface area contributed by atoms with Crippen LogP contribution in [0.3, 0.4) is 0 Å². The van der Waals surface area contributed by atoms with E-state index in [4.69, 9.17) is 16.6 Å². The van der Waals surface area contributed by atoms with Crippen molar-refractivity contribution in [1.29, 1.82) is 0 Å². The van der Waals surface area contributed by atoms with Crippen LogP contribution >= 0.6 is 0 Å². The van der Waals surface area contributed by atoms with Gasteiger partial charge in [0.15, 0.2) is 0 Å². The summed E-state index contributed by atoms with van der Waals surface area (Å²) in [4.78, 5) is 0. The highest BCUT2D eigenvalue weighted by Gasteiger charge is 2.11. The summed E-state index contributed by atoms with van der Waals surface area (Å²) in [5, 5.41) is 0. The highest BCUT2D eigenvalue weighted by Crippen LogP contribution is 2.21. The summed E-state index contributed by atoms with van der Waals surface area (Å²) in [6.45, 7) is 2.05. The molecule has 1 unspecified atom stereocenters. The Labute approximate surface area is 79.1 Å². The van der Waals surface area contributed by atoms with Gasteiger partial charge in [-0.15, -0.1) is 12.3 Å². The molecule has 1 aromatic rings. The zero-order chi connectivity index (χ0) is 9.68. The van der Waals surface area contributed by atoms with Crippen LogP contribution < -0.4 is 5.73 Å². The van der Waals surface area contributed by atoms with Gasteiger partial charge in [0.25, 0.3) is 0 Å². The molecule has 1 atom stereocenters. The van der Waals surface area contributed by atoms with E-state index in [1.54, 1.807) is 6.26 Å². The van der Waals surface area contributed by atoms with Crippen molar-refractivity contribution in [3.8, 4) is 12.3 Å². The van der Waals surface area contributed by atoms with Gasteiger partial charge in [-0.05, 0) is 12.5 Å². The van der Waals surface area contributed by atoms with E-state index < -0.39 is 0 Å². The molecule has 2 heteroatoms. The molecule has 0 aliphatic heterocycles. The lowest BCUT2D eigenvalue weighted by Gasteiger charge is -2.08. The fraction of sp³-hybridized carbons (Fsp3) is 0.455. The van der Waals surface area contributed by atoms with Gasteiger partial charge in [0.2, 0.25) is 0 Å². The standard InChI is InChI=1S/C11H15NO/c1-3-5-6-10(12)9-7-8-13-11(9)4-2/h1,7-8,10H,4-6,12H2,2H3. The Morgan fingerprint density at radius 2 is 2.46 bits per heavy atom. The van der Waals surface area contributed by atoms with Crippen LogP contribution in [0.15, 0.2) is 16.7 Å². The van der Waals surface area contributed by atoms with Gasteiger partial charge in [0, 0.05) is 24.4 Å². The van der Waals surface area contributed by atoms with Crippen LogP contribution in [-0.4, -0.2) is 0 Å². The van der Waals surface area contributed by atoms with Crippen LogP contribution in [0, 0.1) is 12.3 Å². The Morgan fingerprint density at radius 1 is 1.69 bits per heavy atom. The molecule has 2 nitrogen and oxygen atoms in total. The molecular weight excluding hydrogens is 162 g/mol. The minimum atomic E-state index is 0.0183. The second-order valence-corrected chi connectivity index (χ2v) is 3.00.